The van der Waals surface area contributed by atoms with Crippen LogP contribution in [0.2, 0.25) is 0 Å². The SMILES string of the molecule is Cc1cc(C(C)(C)F)nc(N2C[C@]3(F)CN(C(=O)c4ccc(F)cc4-n4nccn4)C[C@]3(F)C2)n1. The van der Waals surface area contributed by atoms with Crippen LogP contribution in [0.15, 0.2) is 36.7 Å². The van der Waals surface area contributed by atoms with Gasteiger partial charge in [-0.05, 0) is 39.0 Å². The lowest BCUT2D eigenvalue weighted by atomic mass is 9.94. The largest absolute Gasteiger partial charge is 0.334 e. The molecule has 2 aromatic heterocycles. The van der Waals surface area contributed by atoms with Crippen LogP contribution in [0.25, 0.3) is 5.69 Å². The van der Waals surface area contributed by atoms with E-state index in [0.29, 0.717) is 5.69 Å². The summed E-state index contributed by atoms with van der Waals surface area (Å²) in [6.07, 6.45) is 2.73. The summed E-state index contributed by atoms with van der Waals surface area (Å²) >= 11 is 0. The zero-order valence-corrected chi connectivity index (χ0v) is 19.3. The van der Waals surface area contributed by atoms with Crippen molar-refractivity contribution in [2.75, 3.05) is 31.1 Å². The Morgan fingerprint density at radius 1 is 1.00 bits per heavy atom. The fourth-order valence-corrected chi connectivity index (χ4v) is 4.63. The molecule has 8 nitrogen and oxygen atoms in total. The maximum absolute atomic E-state index is 16.0. The number of aryl methyl sites for hydroxylation is 1. The van der Waals surface area contributed by atoms with Crippen molar-refractivity contribution in [3.8, 4) is 5.69 Å². The zero-order chi connectivity index (χ0) is 25.2. The second-order valence-corrected chi connectivity index (χ2v) is 9.59. The molecule has 4 heterocycles. The number of amides is 1. The van der Waals surface area contributed by atoms with Gasteiger partial charge in [0.2, 0.25) is 5.95 Å². The van der Waals surface area contributed by atoms with Crippen molar-refractivity contribution in [1.82, 2.24) is 29.9 Å². The number of fused-ring (bicyclic) bond motifs is 1. The van der Waals surface area contributed by atoms with E-state index in [4.69, 9.17) is 0 Å². The Bertz CT molecular complexity index is 1280. The molecule has 1 aromatic carbocycles. The third-order valence-corrected chi connectivity index (χ3v) is 6.41. The Labute approximate surface area is 198 Å². The summed E-state index contributed by atoms with van der Waals surface area (Å²) in [7, 11) is 0. The second-order valence-electron chi connectivity index (χ2n) is 9.59. The van der Waals surface area contributed by atoms with E-state index >= 15 is 8.78 Å². The quantitative estimate of drug-likeness (QED) is 0.524. The number of alkyl halides is 3. The van der Waals surface area contributed by atoms with Crippen molar-refractivity contribution >= 4 is 11.9 Å². The minimum Gasteiger partial charge on any atom is -0.334 e. The monoisotopic (exact) mass is 489 g/mol. The number of halogens is 4. The lowest BCUT2D eigenvalue weighted by molar-refractivity contribution is 0.0491. The van der Waals surface area contributed by atoms with E-state index in [1.54, 1.807) is 6.92 Å². The molecule has 0 bridgehead atoms. The van der Waals surface area contributed by atoms with Crippen LogP contribution in [-0.2, 0) is 5.67 Å². The van der Waals surface area contributed by atoms with Gasteiger partial charge in [-0.2, -0.15) is 15.0 Å². The predicted molar refractivity (Wildman–Crippen MR) is 118 cm³/mol. The van der Waals surface area contributed by atoms with Crippen molar-refractivity contribution in [3.05, 3.63) is 59.4 Å². The smallest absolute Gasteiger partial charge is 0.256 e. The van der Waals surface area contributed by atoms with Crippen LogP contribution in [0.5, 0.6) is 0 Å². The van der Waals surface area contributed by atoms with E-state index in [9.17, 15) is 13.6 Å². The lowest BCUT2D eigenvalue weighted by Gasteiger charge is -2.24. The molecule has 2 saturated heterocycles. The molecule has 35 heavy (non-hydrogen) atoms. The lowest BCUT2D eigenvalue weighted by Crippen LogP contribution is -2.44. The van der Waals surface area contributed by atoms with Crippen molar-refractivity contribution < 1.29 is 22.4 Å². The maximum Gasteiger partial charge on any atom is 0.256 e. The first-order valence-corrected chi connectivity index (χ1v) is 11.0. The van der Waals surface area contributed by atoms with Gasteiger partial charge in [-0.3, -0.25) is 4.79 Å². The van der Waals surface area contributed by atoms with Crippen LogP contribution < -0.4 is 4.90 Å². The second kappa shape index (κ2) is 7.72. The highest BCUT2D eigenvalue weighted by atomic mass is 19.2. The molecule has 184 valence electrons. The highest BCUT2D eigenvalue weighted by molar-refractivity contribution is 5.98. The van der Waals surface area contributed by atoms with Gasteiger partial charge < -0.3 is 9.80 Å². The van der Waals surface area contributed by atoms with E-state index in [0.717, 1.165) is 21.8 Å². The molecule has 12 heteroatoms. The molecule has 0 spiro atoms. The number of hydrogen-bond donors (Lipinski definition) is 0. The number of likely N-dealkylation sites (tertiary alicyclic amines) is 1. The molecule has 2 fully saturated rings. The summed E-state index contributed by atoms with van der Waals surface area (Å²) < 4.78 is 60.3. The molecule has 3 aromatic rings. The standard InChI is InChI=1S/C23H23F4N7O/c1-14-8-18(21(2,3)25)31-20(30-14)33-12-22(26)10-32(11-23(22,27)13-33)19(35)16-5-4-15(24)9-17(16)34-28-6-7-29-34/h4-9H,10-13H2,1-3H3/t22-,23+. The van der Waals surface area contributed by atoms with Crippen LogP contribution in [0.4, 0.5) is 23.5 Å². The van der Waals surface area contributed by atoms with Gasteiger partial charge in [-0.15, -0.1) is 0 Å². The molecular formula is C23H23F4N7O. The number of anilines is 1. The Morgan fingerprint density at radius 3 is 2.23 bits per heavy atom. The number of hydrogen-bond acceptors (Lipinski definition) is 6. The van der Waals surface area contributed by atoms with E-state index in [-0.39, 0.29) is 22.9 Å². The fourth-order valence-electron chi connectivity index (χ4n) is 4.63. The molecule has 0 radical (unpaired) electrons. The molecule has 5 rings (SSSR count). The Hall–Kier alpha value is -3.57. The zero-order valence-electron chi connectivity index (χ0n) is 19.3. The number of benzene rings is 1. The normalized spacial score (nSPS) is 24.2. The first kappa shape index (κ1) is 23.2. The first-order valence-electron chi connectivity index (χ1n) is 11.0. The minimum absolute atomic E-state index is 0.0171. The molecule has 0 saturated carbocycles. The average molecular weight is 489 g/mol. The number of carbonyl (C=O) groups excluding carboxylic acids is 1. The van der Waals surface area contributed by atoms with Gasteiger partial charge in [0.05, 0.1) is 49.8 Å². The van der Waals surface area contributed by atoms with Crippen molar-refractivity contribution in [3.63, 3.8) is 0 Å². The molecule has 0 aliphatic carbocycles. The topological polar surface area (TPSA) is 80.0 Å². The number of nitrogens with zero attached hydrogens (tertiary/aromatic N) is 7. The molecule has 1 amide bonds. The van der Waals surface area contributed by atoms with Crippen LogP contribution in [0, 0.1) is 12.7 Å². The number of rotatable bonds is 4. The highest BCUT2D eigenvalue weighted by Gasteiger charge is 2.67. The van der Waals surface area contributed by atoms with Crippen molar-refractivity contribution in [2.24, 2.45) is 0 Å². The summed E-state index contributed by atoms with van der Waals surface area (Å²) in [5, 5.41) is 7.86. The van der Waals surface area contributed by atoms with Gasteiger partial charge >= 0.3 is 0 Å². The summed E-state index contributed by atoms with van der Waals surface area (Å²) in [4.78, 5) is 25.2. The predicted octanol–water partition coefficient (Wildman–Crippen LogP) is 3.10. The Kier molecular flexibility index (Phi) is 5.11. The van der Waals surface area contributed by atoms with Gasteiger partial charge in [-0.25, -0.2) is 27.5 Å². The third-order valence-electron chi connectivity index (χ3n) is 6.41. The molecule has 2 aliphatic rings. The van der Waals surface area contributed by atoms with Crippen LogP contribution in [0.3, 0.4) is 0 Å². The summed E-state index contributed by atoms with van der Waals surface area (Å²) in [5.41, 5.74) is -5.88. The van der Waals surface area contributed by atoms with Crippen molar-refractivity contribution in [1.29, 1.82) is 0 Å². The molecular weight excluding hydrogens is 466 g/mol. The van der Waals surface area contributed by atoms with Gasteiger partial charge in [-0.1, -0.05) is 0 Å². The molecule has 2 atom stereocenters. The Morgan fingerprint density at radius 2 is 1.63 bits per heavy atom. The fraction of sp³-hybridized carbons (Fsp3) is 0.435. The number of carbonyl (C=O) groups is 1. The highest BCUT2D eigenvalue weighted by Crippen LogP contribution is 2.46. The maximum atomic E-state index is 16.0. The van der Waals surface area contributed by atoms with E-state index < -0.39 is 54.9 Å². The van der Waals surface area contributed by atoms with Crippen LogP contribution >= 0.6 is 0 Å². The minimum atomic E-state index is -2.40. The first-order chi connectivity index (χ1) is 16.4. The van der Waals surface area contributed by atoms with E-state index in [2.05, 4.69) is 20.2 Å². The summed E-state index contributed by atoms with van der Waals surface area (Å²) in [5.74, 6) is -1.24. The van der Waals surface area contributed by atoms with Gasteiger partial charge in [0.1, 0.15) is 17.2 Å². The van der Waals surface area contributed by atoms with E-state index in [1.165, 1.54) is 43.3 Å². The third kappa shape index (κ3) is 3.90. The van der Waals surface area contributed by atoms with Gasteiger partial charge in [0.25, 0.3) is 5.91 Å². The van der Waals surface area contributed by atoms with Gasteiger partial charge in [0.15, 0.2) is 11.3 Å². The number of aromatic nitrogens is 5. The van der Waals surface area contributed by atoms with Crippen LogP contribution in [-0.4, -0.2) is 73.3 Å². The van der Waals surface area contributed by atoms with Crippen LogP contribution in [0.1, 0.15) is 35.6 Å². The molecule has 0 N–H and O–H groups in total. The van der Waals surface area contributed by atoms with E-state index in [1.807, 2.05) is 0 Å². The molecule has 2 aliphatic heterocycles. The summed E-state index contributed by atoms with van der Waals surface area (Å²) in [6, 6.07) is 4.91. The molecule has 0 unspecified atom stereocenters. The Balaban J connectivity index is 1.41. The average Bonchev–Trinajstić information content (AvgIpc) is 3.44. The van der Waals surface area contributed by atoms with Gasteiger partial charge in [0, 0.05) is 11.8 Å². The van der Waals surface area contributed by atoms with Crippen molar-refractivity contribution in [2.45, 2.75) is 37.8 Å². The summed E-state index contributed by atoms with van der Waals surface area (Å²) in [6.45, 7) is 2.50.